The fraction of sp³-hybridized carbons (Fsp3) is 0.316. The second kappa shape index (κ2) is 8.88. The molecule has 146 valence electrons. The van der Waals surface area contributed by atoms with E-state index in [1.807, 2.05) is 0 Å². The molecule has 7 nitrogen and oxygen atoms in total. The molecule has 0 radical (unpaired) electrons. The summed E-state index contributed by atoms with van der Waals surface area (Å²) < 4.78 is 35.0. The molecule has 0 heterocycles. The first-order chi connectivity index (χ1) is 12.8. The van der Waals surface area contributed by atoms with E-state index in [1.165, 1.54) is 38.5 Å². The van der Waals surface area contributed by atoms with E-state index in [4.69, 9.17) is 9.47 Å². The van der Waals surface area contributed by atoms with Gasteiger partial charge in [-0.3, -0.25) is 10.2 Å². The summed E-state index contributed by atoms with van der Waals surface area (Å²) >= 11 is 0. The van der Waals surface area contributed by atoms with Gasteiger partial charge in [-0.25, -0.2) is 8.42 Å². The molecule has 0 aromatic heterocycles. The number of amides is 1. The van der Waals surface area contributed by atoms with Gasteiger partial charge in [0.2, 0.25) is 0 Å². The number of carbonyl (C=O) groups is 1. The molecule has 1 amide bonds. The van der Waals surface area contributed by atoms with Gasteiger partial charge in [0.25, 0.3) is 15.9 Å². The fourth-order valence-electron chi connectivity index (χ4n) is 2.39. The Labute approximate surface area is 159 Å². The Morgan fingerprint density at radius 3 is 2.07 bits per heavy atom. The highest BCUT2D eigenvalue weighted by Crippen LogP contribution is 2.23. The third-order valence-corrected chi connectivity index (χ3v) is 5.55. The lowest BCUT2D eigenvalue weighted by Gasteiger charge is -2.12. The molecule has 0 saturated carbocycles. The molecule has 0 aliphatic carbocycles. The maximum atomic E-state index is 12.4. The first-order valence-corrected chi connectivity index (χ1v) is 9.94. The number of hydrogen-bond donors (Lipinski definition) is 2. The standard InChI is InChI=1S/C19H24N2O5S/c1-5-13(2)14-6-8-18(9-7-14)27(23,24)21-20-19(22)15-10-16(25-3)12-17(11-15)26-4/h6-13,21H,5H2,1-4H3,(H,20,22). The second-order valence-corrected chi connectivity index (χ2v) is 7.72. The molecule has 2 rings (SSSR count). The van der Waals surface area contributed by atoms with E-state index < -0.39 is 15.9 Å². The van der Waals surface area contributed by atoms with Crippen LogP contribution in [0.15, 0.2) is 47.4 Å². The van der Waals surface area contributed by atoms with Crippen LogP contribution in [0.4, 0.5) is 0 Å². The highest BCUT2D eigenvalue weighted by Gasteiger charge is 2.17. The average molecular weight is 392 g/mol. The van der Waals surface area contributed by atoms with Crippen molar-refractivity contribution >= 4 is 15.9 Å². The van der Waals surface area contributed by atoms with E-state index in [1.54, 1.807) is 18.2 Å². The summed E-state index contributed by atoms with van der Waals surface area (Å²) in [6, 6.07) is 11.2. The molecule has 0 aliphatic rings. The summed E-state index contributed by atoms with van der Waals surface area (Å²) in [5.74, 6) is 0.551. The van der Waals surface area contributed by atoms with Gasteiger partial charge >= 0.3 is 0 Å². The lowest BCUT2D eigenvalue weighted by atomic mass is 9.99. The maximum absolute atomic E-state index is 12.4. The zero-order valence-corrected chi connectivity index (χ0v) is 16.6. The van der Waals surface area contributed by atoms with Gasteiger partial charge in [-0.1, -0.05) is 26.0 Å². The van der Waals surface area contributed by atoms with Crippen molar-refractivity contribution in [1.29, 1.82) is 0 Å². The highest BCUT2D eigenvalue weighted by atomic mass is 32.2. The summed E-state index contributed by atoms with van der Waals surface area (Å²) in [6.45, 7) is 4.14. The van der Waals surface area contributed by atoms with Crippen LogP contribution in [0.2, 0.25) is 0 Å². The predicted molar refractivity (Wildman–Crippen MR) is 102 cm³/mol. The van der Waals surface area contributed by atoms with Crippen LogP contribution in [-0.2, 0) is 10.0 Å². The summed E-state index contributed by atoms with van der Waals surface area (Å²) in [6.07, 6.45) is 0.963. The summed E-state index contributed by atoms with van der Waals surface area (Å²) in [4.78, 5) is 14.5. The number of rotatable bonds is 8. The third-order valence-electron chi connectivity index (χ3n) is 4.28. The summed E-state index contributed by atoms with van der Waals surface area (Å²) in [5.41, 5.74) is 3.46. The molecule has 0 spiro atoms. The molecule has 1 unspecified atom stereocenters. The Hall–Kier alpha value is -2.58. The van der Waals surface area contributed by atoms with Gasteiger partial charge < -0.3 is 9.47 Å². The summed E-state index contributed by atoms with van der Waals surface area (Å²) in [7, 11) is -0.967. The van der Waals surface area contributed by atoms with Gasteiger partial charge in [-0.05, 0) is 42.2 Å². The molecule has 0 saturated heterocycles. The number of ether oxygens (including phenoxy) is 2. The van der Waals surface area contributed by atoms with Crippen LogP contribution in [0.3, 0.4) is 0 Å². The minimum atomic E-state index is -3.89. The third kappa shape index (κ3) is 5.21. The van der Waals surface area contributed by atoms with Crippen molar-refractivity contribution in [2.45, 2.75) is 31.1 Å². The molecule has 0 fully saturated rings. The predicted octanol–water partition coefficient (Wildman–Crippen LogP) is 2.84. The van der Waals surface area contributed by atoms with Crippen LogP contribution in [0.25, 0.3) is 0 Å². The molecular formula is C19H24N2O5S. The molecule has 2 aromatic rings. The number of carbonyl (C=O) groups excluding carboxylic acids is 1. The van der Waals surface area contributed by atoms with E-state index in [2.05, 4.69) is 24.1 Å². The second-order valence-electron chi connectivity index (χ2n) is 6.04. The topological polar surface area (TPSA) is 93.7 Å². The average Bonchev–Trinajstić information content (AvgIpc) is 2.70. The normalized spacial score (nSPS) is 12.3. The van der Waals surface area contributed by atoms with Crippen molar-refractivity contribution in [2.75, 3.05) is 14.2 Å². The van der Waals surface area contributed by atoms with Crippen LogP contribution in [0.5, 0.6) is 11.5 Å². The largest absolute Gasteiger partial charge is 0.497 e. The van der Waals surface area contributed by atoms with E-state index in [0.717, 1.165) is 12.0 Å². The minimum absolute atomic E-state index is 0.0677. The SMILES string of the molecule is CCC(C)c1ccc(S(=O)(=O)NNC(=O)c2cc(OC)cc(OC)c2)cc1. The Balaban J connectivity index is 2.11. The number of methoxy groups -OCH3 is 2. The van der Waals surface area contributed by atoms with Crippen molar-refractivity contribution < 1.29 is 22.7 Å². The van der Waals surface area contributed by atoms with Crippen LogP contribution >= 0.6 is 0 Å². The highest BCUT2D eigenvalue weighted by molar-refractivity contribution is 7.89. The number of benzene rings is 2. The van der Waals surface area contributed by atoms with Crippen molar-refractivity contribution in [3.63, 3.8) is 0 Å². The van der Waals surface area contributed by atoms with E-state index >= 15 is 0 Å². The quantitative estimate of drug-likeness (QED) is 0.674. The molecule has 1 atom stereocenters. The van der Waals surface area contributed by atoms with Crippen molar-refractivity contribution in [3.05, 3.63) is 53.6 Å². The molecule has 0 aliphatic heterocycles. The molecule has 2 N–H and O–H groups in total. The Morgan fingerprint density at radius 2 is 1.59 bits per heavy atom. The Bertz CT molecular complexity index is 873. The number of hydrogen-bond acceptors (Lipinski definition) is 5. The van der Waals surface area contributed by atoms with Gasteiger partial charge in [0.1, 0.15) is 11.5 Å². The number of sulfonamides is 1. The van der Waals surface area contributed by atoms with Crippen LogP contribution in [-0.4, -0.2) is 28.5 Å². The van der Waals surface area contributed by atoms with Gasteiger partial charge in [0.15, 0.2) is 0 Å². The maximum Gasteiger partial charge on any atom is 0.266 e. The first kappa shape index (κ1) is 20.7. The van der Waals surface area contributed by atoms with E-state index in [0.29, 0.717) is 17.4 Å². The van der Waals surface area contributed by atoms with Gasteiger partial charge in [0.05, 0.1) is 19.1 Å². The van der Waals surface area contributed by atoms with Crippen LogP contribution < -0.4 is 19.7 Å². The van der Waals surface area contributed by atoms with Crippen LogP contribution in [0.1, 0.15) is 42.1 Å². The lowest BCUT2D eigenvalue weighted by Crippen LogP contribution is -2.41. The molecule has 0 bridgehead atoms. The van der Waals surface area contributed by atoms with Gasteiger partial charge in [-0.15, -0.1) is 4.83 Å². The van der Waals surface area contributed by atoms with Crippen molar-refractivity contribution in [1.82, 2.24) is 10.3 Å². The zero-order chi connectivity index (χ0) is 20.0. The Morgan fingerprint density at radius 1 is 1.04 bits per heavy atom. The molecular weight excluding hydrogens is 368 g/mol. The summed E-state index contributed by atoms with van der Waals surface area (Å²) in [5, 5.41) is 0. The smallest absolute Gasteiger partial charge is 0.266 e. The molecule has 8 heteroatoms. The first-order valence-electron chi connectivity index (χ1n) is 8.46. The van der Waals surface area contributed by atoms with Gasteiger partial charge in [-0.2, -0.15) is 0 Å². The monoisotopic (exact) mass is 392 g/mol. The molecule has 27 heavy (non-hydrogen) atoms. The lowest BCUT2D eigenvalue weighted by molar-refractivity contribution is 0.0944. The fourth-order valence-corrected chi connectivity index (χ4v) is 3.23. The zero-order valence-electron chi connectivity index (χ0n) is 15.8. The number of nitrogens with one attached hydrogen (secondary N) is 2. The van der Waals surface area contributed by atoms with Crippen molar-refractivity contribution in [2.24, 2.45) is 0 Å². The minimum Gasteiger partial charge on any atom is -0.497 e. The van der Waals surface area contributed by atoms with E-state index in [9.17, 15) is 13.2 Å². The Kier molecular flexibility index (Phi) is 6.81. The molecule has 2 aromatic carbocycles. The number of hydrazine groups is 1. The van der Waals surface area contributed by atoms with E-state index in [-0.39, 0.29) is 10.5 Å². The van der Waals surface area contributed by atoms with Gasteiger partial charge in [0, 0.05) is 11.6 Å². The van der Waals surface area contributed by atoms with Crippen LogP contribution in [0, 0.1) is 0 Å². The van der Waals surface area contributed by atoms with Crippen molar-refractivity contribution in [3.8, 4) is 11.5 Å².